The standard InChI is InChI=1S/C15H11BrN2OS2/c1-9-4-2-3-5-13(9)18-14(19)12(17-15(18)20)7-11-6-10(16)8-21-11/h2-8H,1H3,(H,17,20)/b12-7+. The Bertz CT molecular complexity index is 767. The zero-order valence-electron chi connectivity index (χ0n) is 11.1. The lowest BCUT2D eigenvalue weighted by Gasteiger charge is -2.16. The van der Waals surface area contributed by atoms with Gasteiger partial charge in [-0.25, -0.2) is 0 Å². The van der Waals surface area contributed by atoms with E-state index in [2.05, 4.69) is 21.2 Å². The van der Waals surface area contributed by atoms with E-state index in [0.29, 0.717) is 10.8 Å². The quantitative estimate of drug-likeness (QED) is 0.631. The summed E-state index contributed by atoms with van der Waals surface area (Å²) in [6.07, 6.45) is 1.82. The van der Waals surface area contributed by atoms with Crippen LogP contribution >= 0.6 is 39.5 Å². The molecule has 1 N–H and O–H groups in total. The molecule has 0 atom stereocenters. The van der Waals surface area contributed by atoms with Crippen molar-refractivity contribution in [2.24, 2.45) is 0 Å². The molecule has 1 aliphatic heterocycles. The summed E-state index contributed by atoms with van der Waals surface area (Å²) in [7, 11) is 0. The molecule has 1 aromatic carbocycles. The van der Waals surface area contributed by atoms with Crippen molar-refractivity contribution < 1.29 is 4.79 Å². The maximum atomic E-state index is 12.6. The van der Waals surface area contributed by atoms with Gasteiger partial charge in [-0.2, -0.15) is 0 Å². The summed E-state index contributed by atoms with van der Waals surface area (Å²) in [5.41, 5.74) is 2.32. The van der Waals surface area contributed by atoms with Gasteiger partial charge in [0.25, 0.3) is 5.91 Å². The zero-order chi connectivity index (χ0) is 15.0. The molecule has 2 aromatic rings. The molecule has 0 radical (unpaired) electrons. The average molecular weight is 379 g/mol. The Kier molecular flexibility index (Phi) is 3.93. The van der Waals surface area contributed by atoms with Crippen molar-refractivity contribution >= 4 is 62.3 Å². The number of nitrogens with one attached hydrogen (secondary N) is 1. The first kappa shape index (κ1) is 14.4. The van der Waals surface area contributed by atoms with Crippen LogP contribution in [0.2, 0.25) is 0 Å². The minimum absolute atomic E-state index is 0.126. The molecule has 6 heteroatoms. The first-order chi connectivity index (χ1) is 10.1. The van der Waals surface area contributed by atoms with E-state index in [1.807, 2.05) is 48.7 Å². The average Bonchev–Trinajstić information content (AvgIpc) is 2.96. The van der Waals surface area contributed by atoms with Gasteiger partial charge in [-0.05, 0) is 58.8 Å². The molecule has 0 saturated carbocycles. The van der Waals surface area contributed by atoms with E-state index in [9.17, 15) is 4.79 Å². The number of aryl methyl sites for hydroxylation is 1. The Hall–Kier alpha value is -1.50. The fourth-order valence-corrected chi connectivity index (χ4v) is 3.78. The number of carbonyl (C=O) groups is 1. The molecule has 0 spiro atoms. The van der Waals surface area contributed by atoms with E-state index < -0.39 is 0 Å². The van der Waals surface area contributed by atoms with Crippen molar-refractivity contribution in [3.8, 4) is 0 Å². The molecule has 0 aliphatic carbocycles. The van der Waals surface area contributed by atoms with E-state index >= 15 is 0 Å². The van der Waals surface area contributed by atoms with Crippen molar-refractivity contribution in [1.82, 2.24) is 5.32 Å². The van der Waals surface area contributed by atoms with Gasteiger partial charge in [-0.15, -0.1) is 11.3 Å². The Balaban J connectivity index is 1.96. The van der Waals surface area contributed by atoms with Crippen molar-refractivity contribution in [1.29, 1.82) is 0 Å². The van der Waals surface area contributed by atoms with Gasteiger partial charge in [0.2, 0.25) is 0 Å². The van der Waals surface area contributed by atoms with E-state index in [4.69, 9.17) is 12.2 Å². The molecule has 1 fully saturated rings. The monoisotopic (exact) mass is 378 g/mol. The zero-order valence-corrected chi connectivity index (χ0v) is 14.3. The lowest BCUT2D eigenvalue weighted by molar-refractivity contribution is -0.113. The van der Waals surface area contributed by atoms with E-state index in [-0.39, 0.29) is 5.91 Å². The van der Waals surface area contributed by atoms with Gasteiger partial charge < -0.3 is 5.32 Å². The fourth-order valence-electron chi connectivity index (χ4n) is 2.11. The number of hydrogen-bond donors (Lipinski definition) is 1. The summed E-state index contributed by atoms with van der Waals surface area (Å²) in [5.74, 6) is -0.126. The molecule has 1 aromatic heterocycles. The van der Waals surface area contributed by atoms with Crippen molar-refractivity contribution in [3.63, 3.8) is 0 Å². The van der Waals surface area contributed by atoms with Crippen LogP contribution in [0.5, 0.6) is 0 Å². The van der Waals surface area contributed by atoms with Crippen molar-refractivity contribution in [2.75, 3.05) is 4.90 Å². The predicted molar refractivity (Wildman–Crippen MR) is 94.4 cm³/mol. The third-order valence-electron chi connectivity index (χ3n) is 3.11. The molecule has 2 heterocycles. The van der Waals surface area contributed by atoms with Crippen LogP contribution < -0.4 is 10.2 Å². The summed E-state index contributed by atoms with van der Waals surface area (Å²) < 4.78 is 1.00. The van der Waals surface area contributed by atoms with Crippen LogP contribution in [0.25, 0.3) is 6.08 Å². The smallest absolute Gasteiger partial charge is 0.281 e. The first-order valence-electron chi connectivity index (χ1n) is 6.23. The molecule has 1 saturated heterocycles. The number of hydrogen-bond acceptors (Lipinski definition) is 3. The summed E-state index contributed by atoms with van der Waals surface area (Å²) in [6, 6.07) is 9.66. The SMILES string of the molecule is Cc1ccccc1N1C(=O)/C(=C\c2cc(Br)cs2)NC1=S. The number of carbonyl (C=O) groups excluding carboxylic acids is 1. The van der Waals surface area contributed by atoms with Crippen LogP contribution in [-0.4, -0.2) is 11.0 Å². The second-order valence-electron chi connectivity index (χ2n) is 4.58. The van der Waals surface area contributed by atoms with Crippen LogP contribution in [0.3, 0.4) is 0 Å². The Morgan fingerprint density at radius 1 is 1.38 bits per heavy atom. The highest BCUT2D eigenvalue weighted by molar-refractivity contribution is 9.10. The summed E-state index contributed by atoms with van der Waals surface area (Å²) in [6.45, 7) is 1.96. The number of thiophene rings is 1. The lowest BCUT2D eigenvalue weighted by Crippen LogP contribution is -2.30. The number of nitrogens with zero attached hydrogens (tertiary/aromatic N) is 1. The summed E-state index contributed by atoms with van der Waals surface area (Å²) in [4.78, 5) is 15.1. The molecule has 0 unspecified atom stereocenters. The Morgan fingerprint density at radius 2 is 2.14 bits per heavy atom. The molecule has 0 bridgehead atoms. The molecule has 1 amide bonds. The van der Waals surface area contributed by atoms with Gasteiger partial charge in [0.1, 0.15) is 5.70 Å². The van der Waals surface area contributed by atoms with Gasteiger partial charge in [-0.3, -0.25) is 9.69 Å². The van der Waals surface area contributed by atoms with Crippen molar-refractivity contribution in [3.05, 3.63) is 56.3 Å². The third kappa shape index (κ3) is 2.79. The Morgan fingerprint density at radius 3 is 2.81 bits per heavy atom. The number of para-hydroxylation sites is 1. The maximum Gasteiger partial charge on any atom is 0.281 e. The van der Waals surface area contributed by atoms with Crippen LogP contribution in [0.15, 0.2) is 45.9 Å². The molecule has 1 aliphatic rings. The predicted octanol–water partition coefficient (Wildman–Crippen LogP) is 4.08. The van der Waals surface area contributed by atoms with Crippen LogP contribution in [0.1, 0.15) is 10.4 Å². The second kappa shape index (κ2) is 5.71. The number of thiocarbonyl (C=S) groups is 1. The molecule has 3 rings (SSSR count). The topological polar surface area (TPSA) is 32.3 Å². The second-order valence-corrected chi connectivity index (χ2v) is 6.83. The first-order valence-corrected chi connectivity index (χ1v) is 8.31. The van der Waals surface area contributed by atoms with E-state index in [1.165, 1.54) is 0 Å². The number of benzene rings is 1. The van der Waals surface area contributed by atoms with Crippen LogP contribution in [0, 0.1) is 6.92 Å². The number of rotatable bonds is 2. The van der Waals surface area contributed by atoms with Crippen LogP contribution in [0.4, 0.5) is 5.69 Å². The Labute approximate surface area is 140 Å². The highest BCUT2D eigenvalue weighted by Gasteiger charge is 2.32. The highest BCUT2D eigenvalue weighted by atomic mass is 79.9. The molecular formula is C15H11BrN2OS2. The van der Waals surface area contributed by atoms with Gasteiger partial charge >= 0.3 is 0 Å². The fraction of sp³-hybridized carbons (Fsp3) is 0.0667. The van der Waals surface area contributed by atoms with E-state index in [0.717, 1.165) is 20.6 Å². The minimum atomic E-state index is -0.126. The summed E-state index contributed by atoms with van der Waals surface area (Å²) in [5, 5.41) is 5.39. The summed E-state index contributed by atoms with van der Waals surface area (Å²) >= 11 is 10.3. The van der Waals surface area contributed by atoms with Gasteiger partial charge in [0.05, 0.1) is 5.69 Å². The van der Waals surface area contributed by atoms with Crippen LogP contribution in [-0.2, 0) is 4.79 Å². The van der Waals surface area contributed by atoms with Gasteiger partial charge in [0, 0.05) is 14.7 Å². The maximum absolute atomic E-state index is 12.6. The minimum Gasteiger partial charge on any atom is -0.327 e. The third-order valence-corrected chi connectivity index (χ3v) is 5.03. The highest BCUT2D eigenvalue weighted by Crippen LogP contribution is 2.27. The number of amides is 1. The largest absolute Gasteiger partial charge is 0.327 e. The molecular weight excluding hydrogens is 368 g/mol. The number of anilines is 1. The lowest BCUT2D eigenvalue weighted by atomic mass is 10.2. The number of halogens is 1. The molecule has 3 nitrogen and oxygen atoms in total. The van der Waals surface area contributed by atoms with E-state index in [1.54, 1.807) is 16.2 Å². The van der Waals surface area contributed by atoms with Gasteiger partial charge in [-0.1, -0.05) is 18.2 Å². The normalized spacial score (nSPS) is 16.7. The molecule has 21 heavy (non-hydrogen) atoms. The molecule has 106 valence electrons. The van der Waals surface area contributed by atoms with Crippen molar-refractivity contribution in [2.45, 2.75) is 6.92 Å². The van der Waals surface area contributed by atoms with Gasteiger partial charge in [0.15, 0.2) is 5.11 Å².